The van der Waals surface area contributed by atoms with Crippen molar-refractivity contribution in [3.63, 3.8) is 0 Å². The van der Waals surface area contributed by atoms with Crippen LogP contribution in [0.25, 0.3) is 0 Å². The van der Waals surface area contributed by atoms with E-state index >= 15 is 0 Å². The SMILES string of the molecule is CC1(CO)CCCC1NC(=O)NC1CCN(c2ncccc2F)C1. The van der Waals surface area contributed by atoms with Crippen LogP contribution in [0, 0.1) is 11.2 Å². The Morgan fingerprint density at radius 2 is 2.33 bits per heavy atom. The molecule has 7 heteroatoms. The molecular weight excluding hydrogens is 311 g/mol. The molecule has 1 saturated carbocycles. The van der Waals surface area contributed by atoms with E-state index in [4.69, 9.17) is 0 Å². The lowest BCUT2D eigenvalue weighted by molar-refractivity contribution is 0.121. The molecular formula is C17H25FN4O2. The van der Waals surface area contributed by atoms with Crippen LogP contribution in [0.4, 0.5) is 15.0 Å². The molecule has 1 aromatic heterocycles. The monoisotopic (exact) mass is 336 g/mol. The number of pyridine rings is 1. The number of hydrogen-bond acceptors (Lipinski definition) is 4. The van der Waals surface area contributed by atoms with Gasteiger partial charge in [0, 0.05) is 36.8 Å². The quantitative estimate of drug-likeness (QED) is 0.781. The van der Waals surface area contributed by atoms with Crippen LogP contribution >= 0.6 is 0 Å². The molecule has 0 spiro atoms. The second kappa shape index (κ2) is 6.93. The van der Waals surface area contributed by atoms with Gasteiger partial charge in [0.2, 0.25) is 0 Å². The Kier molecular flexibility index (Phi) is 4.89. The van der Waals surface area contributed by atoms with Crippen LogP contribution in [0.5, 0.6) is 0 Å². The van der Waals surface area contributed by atoms with Gasteiger partial charge in [0.15, 0.2) is 11.6 Å². The molecule has 1 aliphatic heterocycles. The summed E-state index contributed by atoms with van der Waals surface area (Å²) in [6, 6.07) is 2.71. The number of aliphatic hydroxyl groups excluding tert-OH is 1. The Hall–Kier alpha value is -1.89. The van der Waals surface area contributed by atoms with Crippen LogP contribution in [-0.2, 0) is 0 Å². The van der Waals surface area contributed by atoms with Gasteiger partial charge in [-0.2, -0.15) is 0 Å². The summed E-state index contributed by atoms with van der Waals surface area (Å²) in [5.74, 6) is -0.00173. The molecule has 0 bridgehead atoms. The third-order valence-electron chi connectivity index (χ3n) is 5.31. The zero-order chi connectivity index (χ0) is 17.2. The molecule has 2 amide bonds. The van der Waals surface area contributed by atoms with Crippen molar-refractivity contribution in [3.8, 4) is 0 Å². The molecule has 3 N–H and O–H groups in total. The number of amides is 2. The smallest absolute Gasteiger partial charge is 0.315 e. The van der Waals surface area contributed by atoms with Gasteiger partial charge in [0.1, 0.15) is 0 Å². The zero-order valence-corrected chi connectivity index (χ0v) is 14.0. The Morgan fingerprint density at radius 1 is 1.50 bits per heavy atom. The van der Waals surface area contributed by atoms with Crippen LogP contribution in [0.1, 0.15) is 32.6 Å². The number of anilines is 1. The fourth-order valence-corrected chi connectivity index (χ4v) is 3.73. The molecule has 1 aromatic rings. The molecule has 24 heavy (non-hydrogen) atoms. The van der Waals surface area contributed by atoms with Crippen molar-refractivity contribution in [3.05, 3.63) is 24.1 Å². The molecule has 1 saturated heterocycles. The third-order valence-corrected chi connectivity index (χ3v) is 5.31. The average molecular weight is 336 g/mol. The van der Waals surface area contributed by atoms with Crippen LogP contribution in [0.15, 0.2) is 18.3 Å². The lowest BCUT2D eigenvalue weighted by atomic mass is 9.86. The Bertz CT molecular complexity index is 600. The van der Waals surface area contributed by atoms with Crippen molar-refractivity contribution >= 4 is 11.8 Å². The van der Waals surface area contributed by atoms with E-state index in [1.165, 1.54) is 6.07 Å². The lowest BCUT2D eigenvalue weighted by Crippen LogP contribution is -2.51. The molecule has 1 aliphatic carbocycles. The number of nitrogens with zero attached hydrogens (tertiary/aromatic N) is 2. The first-order valence-corrected chi connectivity index (χ1v) is 8.55. The number of rotatable bonds is 4. The summed E-state index contributed by atoms with van der Waals surface area (Å²) in [5, 5.41) is 15.5. The van der Waals surface area contributed by atoms with E-state index in [0.29, 0.717) is 18.9 Å². The zero-order valence-electron chi connectivity index (χ0n) is 14.0. The molecule has 3 rings (SSSR count). The molecule has 2 heterocycles. The molecule has 0 aromatic carbocycles. The molecule has 3 atom stereocenters. The third kappa shape index (κ3) is 3.45. The Morgan fingerprint density at radius 3 is 3.08 bits per heavy atom. The number of aromatic nitrogens is 1. The fourth-order valence-electron chi connectivity index (χ4n) is 3.73. The van der Waals surface area contributed by atoms with E-state index in [0.717, 1.165) is 25.7 Å². The number of carbonyl (C=O) groups excluding carboxylic acids is 1. The van der Waals surface area contributed by atoms with Gasteiger partial charge in [0.25, 0.3) is 0 Å². The van der Waals surface area contributed by atoms with Gasteiger partial charge in [-0.05, 0) is 31.4 Å². The maximum atomic E-state index is 13.8. The Balaban J connectivity index is 1.52. The van der Waals surface area contributed by atoms with E-state index < -0.39 is 0 Å². The second-order valence-electron chi connectivity index (χ2n) is 7.12. The largest absolute Gasteiger partial charge is 0.396 e. The van der Waals surface area contributed by atoms with E-state index in [1.807, 2.05) is 11.8 Å². The van der Waals surface area contributed by atoms with Gasteiger partial charge >= 0.3 is 6.03 Å². The summed E-state index contributed by atoms with van der Waals surface area (Å²) in [7, 11) is 0. The number of nitrogens with one attached hydrogen (secondary N) is 2. The highest BCUT2D eigenvalue weighted by Gasteiger charge is 2.39. The predicted octanol–water partition coefficient (Wildman–Crippen LogP) is 1.65. The van der Waals surface area contributed by atoms with Crippen molar-refractivity contribution in [2.45, 2.75) is 44.7 Å². The summed E-state index contributed by atoms with van der Waals surface area (Å²) >= 11 is 0. The highest BCUT2D eigenvalue weighted by Crippen LogP contribution is 2.37. The van der Waals surface area contributed by atoms with E-state index in [9.17, 15) is 14.3 Å². The van der Waals surface area contributed by atoms with Crippen LogP contribution < -0.4 is 15.5 Å². The maximum absolute atomic E-state index is 13.8. The molecule has 132 valence electrons. The molecule has 3 unspecified atom stereocenters. The van der Waals surface area contributed by atoms with Gasteiger partial charge in [0.05, 0.1) is 6.61 Å². The van der Waals surface area contributed by atoms with Crippen LogP contribution in [0.3, 0.4) is 0 Å². The minimum Gasteiger partial charge on any atom is -0.396 e. The summed E-state index contributed by atoms with van der Waals surface area (Å²) in [6.07, 6.45) is 5.15. The standard InChI is InChI=1S/C17H25FN4O2/c1-17(11-23)7-2-5-14(17)21-16(24)20-12-6-9-22(10-12)15-13(18)4-3-8-19-15/h3-4,8,12,14,23H,2,5-7,9-11H2,1H3,(H2,20,21,24). The average Bonchev–Trinajstić information content (AvgIpc) is 3.16. The number of halogens is 1. The number of hydrogen-bond donors (Lipinski definition) is 3. The van der Waals surface area contributed by atoms with Gasteiger partial charge in [-0.1, -0.05) is 13.3 Å². The summed E-state index contributed by atoms with van der Waals surface area (Å²) in [6.45, 7) is 3.29. The van der Waals surface area contributed by atoms with Crippen molar-refractivity contribution < 1.29 is 14.3 Å². The normalized spacial score (nSPS) is 29.7. The second-order valence-corrected chi connectivity index (χ2v) is 7.12. The van der Waals surface area contributed by atoms with E-state index in [1.54, 1.807) is 12.3 Å². The number of aliphatic hydroxyl groups is 1. The highest BCUT2D eigenvalue weighted by molar-refractivity contribution is 5.75. The number of carbonyl (C=O) groups is 1. The van der Waals surface area contributed by atoms with Gasteiger partial charge in [-0.3, -0.25) is 0 Å². The number of urea groups is 1. The van der Waals surface area contributed by atoms with Crippen molar-refractivity contribution in [1.29, 1.82) is 0 Å². The van der Waals surface area contributed by atoms with E-state index in [-0.39, 0.29) is 36.0 Å². The summed E-state index contributed by atoms with van der Waals surface area (Å²) < 4.78 is 13.8. The van der Waals surface area contributed by atoms with Gasteiger partial charge in [-0.25, -0.2) is 14.2 Å². The molecule has 6 nitrogen and oxygen atoms in total. The van der Waals surface area contributed by atoms with Gasteiger partial charge < -0.3 is 20.6 Å². The first-order valence-electron chi connectivity index (χ1n) is 8.55. The molecule has 2 aliphatic rings. The summed E-state index contributed by atoms with van der Waals surface area (Å²) in [5.41, 5.74) is -0.240. The highest BCUT2D eigenvalue weighted by atomic mass is 19.1. The fraction of sp³-hybridized carbons (Fsp3) is 0.647. The maximum Gasteiger partial charge on any atom is 0.315 e. The summed E-state index contributed by atoms with van der Waals surface area (Å²) in [4.78, 5) is 18.2. The van der Waals surface area contributed by atoms with Crippen LogP contribution in [0.2, 0.25) is 0 Å². The van der Waals surface area contributed by atoms with Crippen molar-refractivity contribution in [2.75, 3.05) is 24.6 Å². The van der Waals surface area contributed by atoms with Crippen molar-refractivity contribution in [2.24, 2.45) is 5.41 Å². The topological polar surface area (TPSA) is 77.5 Å². The predicted molar refractivity (Wildman–Crippen MR) is 89.3 cm³/mol. The minimum atomic E-state index is -0.340. The van der Waals surface area contributed by atoms with Crippen LogP contribution in [-0.4, -0.2) is 47.9 Å². The first-order chi connectivity index (χ1) is 11.5. The minimum absolute atomic E-state index is 0.00626. The first kappa shape index (κ1) is 17.0. The van der Waals surface area contributed by atoms with E-state index in [2.05, 4.69) is 15.6 Å². The Labute approximate surface area is 141 Å². The lowest BCUT2D eigenvalue weighted by Gasteiger charge is -2.30. The van der Waals surface area contributed by atoms with Crippen molar-refractivity contribution in [1.82, 2.24) is 15.6 Å². The molecule has 2 fully saturated rings. The van der Waals surface area contributed by atoms with Gasteiger partial charge in [-0.15, -0.1) is 0 Å². The molecule has 0 radical (unpaired) electrons.